The van der Waals surface area contributed by atoms with Gasteiger partial charge in [-0.25, -0.2) is 4.79 Å². The number of hydrogen-bond donors (Lipinski definition) is 2. The van der Waals surface area contributed by atoms with Gasteiger partial charge in [0.05, 0.1) is 11.2 Å². The Hall–Kier alpha value is -1.53. The Kier molecular flexibility index (Phi) is 4.68. The number of amides is 1. The molecule has 1 saturated carbocycles. The van der Waals surface area contributed by atoms with Gasteiger partial charge in [0.1, 0.15) is 0 Å². The summed E-state index contributed by atoms with van der Waals surface area (Å²) < 4.78 is 12.3. The fourth-order valence-corrected chi connectivity index (χ4v) is 4.14. The lowest BCUT2D eigenvalue weighted by Crippen LogP contribution is -2.51. The Morgan fingerprint density at radius 1 is 1.07 bits per heavy atom. The lowest BCUT2D eigenvalue weighted by Gasteiger charge is -2.38. The molecule has 1 aliphatic heterocycles. The Labute approximate surface area is 163 Å². The molecule has 148 valence electrons. The molecule has 5 nitrogen and oxygen atoms in total. The van der Waals surface area contributed by atoms with E-state index >= 15 is 0 Å². The molecule has 6 heteroatoms. The minimum atomic E-state index is -0.963. The predicted octanol–water partition coefficient (Wildman–Crippen LogP) is 3.70. The van der Waals surface area contributed by atoms with Gasteiger partial charge in [0.15, 0.2) is 0 Å². The van der Waals surface area contributed by atoms with Crippen LogP contribution in [0, 0.1) is 5.41 Å². The zero-order valence-electron chi connectivity index (χ0n) is 17.6. The quantitative estimate of drug-likeness (QED) is 0.790. The largest absolute Gasteiger partial charge is 0.494 e. The van der Waals surface area contributed by atoms with E-state index in [2.05, 4.69) is 50.4 Å². The first-order valence-corrected chi connectivity index (χ1v) is 9.74. The number of carbonyl (C=O) groups is 1. The second kappa shape index (κ2) is 6.24. The Morgan fingerprint density at radius 3 is 1.93 bits per heavy atom. The van der Waals surface area contributed by atoms with E-state index in [4.69, 9.17) is 9.31 Å². The van der Waals surface area contributed by atoms with Crippen LogP contribution in [-0.2, 0) is 14.7 Å². The third-order valence-electron chi connectivity index (χ3n) is 6.49. The Morgan fingerprint density at radius 2 is 1.56 bits per heavy atom. The molecule has 1 aromatic carbocycles. The SMILES string of the molecule is CC(C)(C)C(NC(=O)O)C1(c2ccc(B3OC(C)(C)C(C)(C)O3)cc2)CC1. The van der Waals surface area contributed by atoms with Gasteiger partial charge in [0.2, 0.25) is 0 Å². The molecule has 1 amide bonds. The highest BCUT2D eigenvalue weighted by Crippen LogP contribution is 2.55. The standard InChI is InChI=1S/C21H32BNO4/c1-18(2,3)16(23-17(24)25)21(12-13-21)14-8-10-15(11-9-14)22-26-19(4,5)20(6,7)27-22/h8-11,16,23H,12-13H2,1-7H3,(H,24,25). The Bertz CT molecular complexity index is 701. The van der Waals surface area contributed by atoms with Crippen LogP contribution in [0.5, 0.6) is 0 Å². The molecule has 0 spiro atoms. The van der Waals surface area contributed by atoms with Gasteiger partial charge in [0.25, 0.3) is 0 Å². The minimum Gasteiger partial charge on any atom is -0.465 e. The van der Waals surface area contributed by atoms with E-state index in [0.29, 0.717) is 0 Å². The first-order chi connectivity index (χ1) is 12.3. The monoisotopic (exact) mass is 373 g/mol. The number of rotatable bonds is 4. The van der Waals surface area contributed by atoms with Gasteiger partial charge < -0.3 is 19.7 Å². The van der Waals surface area contributed by atoms with Gasteiger partial charge in [-0.05, 0) is 57.0 Å². The van der Waals surface area contributed by atoms with Crippen LogP contribution in [0.25, 0.3) is 0 Å². The van der Waals surface area contributed by atoms with Gasteiger partial charge in [-0.15, -0.1) is 0 Å². The smallest absolute Gasteiger partial charge is 0.465 e. The zero-order valence-corrected chi connectivity index (χ0v) is 17.6. The molecule has 1 heterocycles. The highest BCUT2D eigenvalue weighted by molar-refractivity contribution is 6.62. The zero-order chi connectivity index (χ0) is 20.3. The van der Waals surface area contributed by atoms with Crippen LogP contribution in [0.15, 0.2) is 24.3 Å². The van der Waals surface area contributed by atoms with Gasteiger partial charge in [-0.2, -0.15) is 0 Å². The lowest BCUT2D eigenvalue weighted by atomic mass is 9.72. The molecule has 1 aliphatic carbocycles. The van der Waals surface area contributed by atoms with Crippen LogP contribution in [0.2, 0.25) is 0 Å². The summed E-state index contributed by atoms with van der Waals surface area (Å²) >= 11 is 0. The van der Waals surface area contributed by atoms with Crippen molar-refractivity contribution in [2.24, 2.45) is 5.41 Å². The second-order valence-corrected chi connectivity index (χ2v) is 10.1. The fourth-order valence-electron chi connectivity index (χ4n) is 4.14. The van der Waals surface area contributed by atoms with Crippen LogP contribution in [0.1, 0.15) is 66.9 Å². The molecule has 1 atom stereocenters. The molecule has 0 bridgehead atoms. The maximum atomic E-state index is 11.4. The molecule has 0 radical (unpaired) electrons. The normalized spacial score (nSPS) is 23.7. The lowest BCUT2D eigenvalue weighted by molar-refractivity contribution is 0.00578. The molecular weight excluding hydrogens is 341 g/mol. The van der Waals surface area contributed by atoms with E-state index in [9.17, 15) is 9.90 Å². The summed E-state index contributed by atoms with van der Waals surface area (Å²) in [4.78, 5) is 11.4. The highest BCUT2D eigenvalue weighted by Gasteiger charge is 2.55. The summed E-state index contributed by atoms with van der Waals surface area (Å²) in [5.41, 5.74) is 1.14. The molecule has 1 aromatic rings. The predicted molar refractivity (Wildman–Crippen MR) is 107 cm³/mol. The van der Waals surface area contributed by atoms with Crippen molar-refractivity contribution in [2.75, 3.05) is 0 Å². The first kappa shape index (κ1) is 20.2. The van der Waals surface area contributed by atoms with E-state index in [1.54, 1.807) is 0 Å². The molecule has 1 saturated heterocycles. The molecule has 2 N–H and O–H groups in total. The van der Waals surface area contributed by atoms with Gasteiger partial charge >= 0.3 is 13.2 Å². The van der Waals surface area contributed by atoms with Crippen LogP contribution in [0.4, 0.5) is 4.79 Å². The summed E-state index contributed by atoms with van der Waals surface area (Å²) in [6.07, 6.45) is 1.02. The van der Waals surface area contributed by atoms with Gasteiger partial charge in [-0.3, -0.25) is 0 Å². The summed E-state index contributed by atoms with van der Waals surface area (Å²) in [6.45, 7) is 14.5. The number of benzene rings is 1. The van der Waals surface area contributed by atoms with Crippen LogP contribution >= 0.6 is 0 Å². The van der Waals surface area contributed by atoms with Gasteiger partial charge in [0, 0.05) is 11.5 Å². The van der Waals surface area contributed by atoms with E-state index in [1.807, 2.05) is 27.7 Å². The minimum absolute atomic E-state index is 0.134. The summed E-state index contributed by atoms with van der Waals surface area (Å²) in [6, 6.07) is 8.19. The number of carboxylic acid groups (broad SMARTS) is 1. The third kappa shape index (κ3) is 3.62. The van der Waals surface area contributed by atoms with Crippen LogP contribution in [0.3, 0.4) is 0 Å². The fraction of sp³-hybridized carbons (Fsp3) is 0.667. The maximum absolute atomic E-state index is 11.4. The molecule has 0 aromatic heterocycles. The van der Waals surface area contributed by atoms with E-state index in [-0.39, 0.29) is 35.2 Å². The van der Waals surface area contributed by atoms with Gasteiger partial charge in [-0.1, -0.05) is 45.0 Å². The van der Waals surface area contributed by atoms with E-state index < -0.39 is 6.09 Å². The highest BCUT2D eigenvalue weighted by atomic mass is 16.7. The van der Waals surface area contributed by atoms with Crippen molar-refractivity contribution in [2.45, 2.75) is 84.0 Å². The van der Waals surface area contributed by atoms with Crippen LogP contribution in [-0.4, -0.2) is 35.6 Å². The second-order valence-electron chi connectivity index (χ2n) is 10.1. The Balaban J connectivity index is 1.84. The summed E-state index contributed by atoms with van der Waals surface area (Å²) in [5, 5.41) is 12.1. The summed E-state index contributed by atoms with van der Waals surface area (Å²) in [5.74, 6) is 0. The molecule has 27 heavy (non-hydrogen) atoms. The van der Waals surface area contributed by atoms with E-state index in [0.717, 1.165) is 18.3 Å². The number of nitrogens with one attached hydrogen (secondary N) is 1. The van der Waals surface area contributed by atoms with Crippen molar-refractivity contribution < 1.29 is 19.2 Å². The van der Waals surface area contributed by atoms with Crippen molar-refractivity contribution in [3.05, 3.63) is 29.8 Å². The van der Waals surface area contributed by atoms with E-state index in [1.165, 1.54) is 5.56 Å². The molecular formula is C21H32BNO4. The average Bonchev–Trinajstić information content (AvgIpc) is 3.28. The maximum Gasteiger partial charge on any atom is 0.494 e. The number of hydrogen-bond acceptors (Lipinski definition) is 3. The molecule has 2 aliphatic rings. The summed E-state index contributed by atoms with van der Waals surface area (Å²) in [7, 11) is -0.380. The molecule has 3 rings (SSSR count). The van der Waals surface area contributed by atoms with Crippen molar-refractivity contribution in [1.82, 2.24) is 5.32 Å². The third-order valence-corrected chi connectivity index (χ3v) is 6.49. The average molecular weight is 373 g/mol. The van der Waals surface area contributed by atoms with Crippen LogP contribution < -0.4 is 10.8 Å². The topological polar surface area (TPSA) is 67.8 Å². The molecule has 2 fully saturated rings. The van der Waals surface area contributed by atoms with Crippen molar-refractivity contribution in [3.63, 3.8) is 0 Å². The van der Waals surface area contributed by atoms with Crippen molar-refractivity contribution >= 4 is 18.7 Å². The van der Waals surface area contributed by atoms with Crippen molar-refractivity contribution in [1.29, 1.82) is 0 Å². The van der Waals surface area contributed by atoms with Crippen molar-refractivity contribution in [3.8, 4) is 0 Å². The molecule has 1 unspecified atom stereocenters. The first-order valence-electron chi connectivity index (χ1n) is 9.74.